The molecule has 0 aliphatic rings. The third-order valence-corrected chi connectivity index (χ3v) is 1.96. The molecule has 0 radical (unpaired) electrons. The minimum absolute atomic E-state index is 0.457. The Morgan fingerprint density at radius 1 is 1.70 bits per heavy atom. The molecule has 1 aromatic rings. The number of aldehydes is 1. The highest BCUT2D eigenvalue weighted by atomic mass is 127. The maximum absolute atomic E-state index is 10.3. The van der Waals surface area contributed by atoms with Gasteiger partial charge in [-0.05, 0) is 28.7 Å². The molecule has 1 rings (SSSR count). The average Bonchev–Trinajstić information content (AvgIpc) is 1.95. The molecule has 0 spiro atoms. The van der Waals surface area contributed by atoms with Crippen molar-refractivity contribution in [3.63, 3.8) is 0 Å². The number of aromatic nitrogens is 1. The fraction of sp³-hybridized carbons (Fsp3) is 0. The summed E-state index contributed by atoms with van der Waals surface area (Å²) < 4.78 is 0.669. The molecule has 0 fully saturated rings. The molecule has 52 valence electrons. The summed E-state index contributed by atoms with van der Waals surface area (Å²) in [5, 5.41) is 0. The molecule has 0 aliphatic carbocycles. The van der Waals surface area contributed by atoms with Crippen molar-refractivity contribution in [3.05, 3.63) is 21.5 Å². The Hall–Kier alpha value is -0.650. The van der Waals surface area contributed by atoms with Crippen LogP contribution in [0, 0.1) is 3.70 Å². The highest BCUT2D eigenvalue weighted by Crippen LogP contribution is 2.14. The van der Waals surface area contributed by atoms with Gasteiger partial charge >= 0.3 is 0 Å². The molecular weight excluding hydrogens is 243 g/mol. The summed E-state index contributed by atoms with van der Waals surface area (Å²) in [5.41, 5.74) is 6.45. The molecule has 0 unspecified atom stereocenters. The number of nitrogens with two attached hydrogens (primary N) is 1. The van der Waals surface area contributed by atoms with E-state index in [0.29, 0.717) is 15.0 Å². The third-order valence-electron chi connectivity index (χ3n) is 1.10. The highest BCUT2D eigenvalue weighted by Gasteiger charge is 2.00. The zero-order valence-corrected chi connectivity index (χ0v) is 7.20. The van der Waals surface area contributed by atoms with Gasteiger partial charge in [-0.15, -0.1) is 0 Å². The zero-order valence-electron chi connectivity index (χ0n) is 5.04. The molecule has 0 aliphatic heterocycles. The number of hydrogen-bond donors (Lipinski definition) is 1. The number of carbonyl (C=O) groups excluding carboxylic acids is 1. The predicted octanol–water partition coefficient (Wildman–Crippen LogP) is 1.08. The van der Waals surface area contributed by atoms with Crippen LogP contribution in [-0.4, -0.2) is 11.3 Å². The first-order valence-corrected chi connectivity index (χ1v) is 3.68. The normalized spacial score (nSPS) is 9.30. The van der Waals surface area contributed by atoms with Gasteiger partial charge in [0.05, 0.1) is 5.69 Å². The van der Waals surface area contributed by atoms with E-state index >= 15 is 0 Å². The number of carbonyl (C=O) groups is 1. The van der Waals surface area contributed by atoms with Gasteiger partial charge in [0, 0.05) is 11.8 Å². The largest absolute Gasteiger partial charge is 0.396 e. The Kier molecular flexibility index (Phi) is 2.21. The zero-order chi connectivity index (χ0) is 7.56. The molecule has 3 nitrogen and oxygen atoms in total. The van der Waals surface area contributed by atoms with E-state index < -0.39 is 0 Å². The van der Waals surface area contributed by atoms with Gasteiger partial charge in [0.15, 0.2) is 6.29 Å². The van der Waals surface area contributed by atoms with E-state index in [1.165, 1.54) is 0 Å². The molecule has 0 amide bonds. The Balaban J connectivity index is 3.27. The summed E-state index contributed by atoms with van der Waals surface area (Å²) in [5.74, 6) is 0. The van der Waals surface area contributed by atoms with Crippen LogP contribution in [0.15, 0.2) is 12.3 Å². The lowest BCUT2D eigenvalue weighted by molar-refractivity contribution is 0.112. The maximum Gasteiger partial charge on any atom is 0.152 e. The van der Waals surface area contributed by atoms with Crippen molar-refractivity contribution in [1.82, 2.24) is 4.98 Å². The minimum atomic E-state index is 0.457. The predicted molar refractivity (Wildman–Crippen MR) is 46.8 cm³/mol. The van der Waals surface area contributed by atoms with Crippen LogP contribution in [0.4, 0.5) is 5.69 Å². The van der Waals surface area contributed by atoms with E-state index in [9.17, 15) is 4.79 Å². The van der Waals surface area contributed by atoms with Crippen LogP contribution >= 0.6 is 22.6 Å². The van der Waals surface area contributed by atoms with E-state index in [2.05, 4.69) is 4.98 Å². The van der Waals surface area contributed by atoms with Crippen LogP contribution in [0.3, 0.4) is 0 Å². The lowest BCUT2D eigenvalue weighted by atomic mass is 10.2. The molecule has 0 saturated carbocycles. The molecule has 0 aromatic carbocycles. The first kappa shape index (κ1) is 7.46. The fourth-order valence-electron chi connectivity index (χ4n) is 0.564. The molecule has 1 aromatic heterocycles. The Bertz CT molecular complexity index is 262. The van der Waals surface area contributed by atoms with E-state index in [1.807, 2.05) is 22.6 Å². The van der Waals surface area contributed by atoms with Crippen LogP contribution in [0.2, 0.25) is 0 Å². The van der Waals surface area contributed by atoms with Crippen molar-refractivity contribution in [2.45, 2.75) is 0 Å². The SMILES string of the molecule is Nc1c(C=O)ccnc1I. The van der Waals surface area contributed by atoms with Crippen LogP contribution in [0.1, 0.15) is 10.4 Å². The number of rotatable bonds is 1. The lowest BCUT2D eigenvalue weighted by Crippen LogP contribution is -1.97. The van der Waals surface area contributed by atoms with Gasteiger partial charge in [-0.2, -0.15) is 0 Å². The highest BCUT2D eigenvalue weighted by molar-refractivity contribution is 14.1. The van der Waals surface area contributed by atoms with Crippen molar-refractivity contribution < 1.29 is 4.79 Å². The number of hydrogen-bond acceptors (Lipinski definition) is 3. The second kappa shape index (κ2) is 2.96. The first-order valence-electron chi connectivity index (χ1n) is 2.61. The Morgan fingerprint density at radius 3 is 2.90 bits per heavy atom. The Morgan fingerprint density at radius 2 is 2.40 bits per heavy atom. The molecule has 10 heavy (non-hydrogen) atoms. The number of nitrogens with zero attached hydrogens (tertiary/aromatic N) is 1. The molecule has 2 N–H and O–H groups in total. The molecular formula is C6H5IN2O. The number of halogens is 1. The fourth-order valence-corrected chi connectivity index (χ4v) is 1.04. The maximum atomic E-state index is 10.3. The van der Waals surface area contributed by atoms with Crippen molar-refractivity contribution in [3.8, 4) is 0 Å². The third kappa shape index (κ3) is 1.26. The van der Waals surface area contributed by atoms with Gasteiger partial charge in [-0.25, -0.2) is 4.98 Å². The van der Waals surface area contributed by atoms with Crippen molar-refractivity contribution >= 4 is 34.6 Å². The number of pyridine rings is 1. The van der Waals surface area contributed by atoms with E-state index in [4.69, 9.17) is 5.73 Å². The topological polar surface area (TPSA) is 56.0 Å². The smallest absolute Gasteiger partial charge is 0.152 e. The van der Waals surface area contributed by atoms with Gasteiger partial charge in [0.25, 0.3) is 0 Å². The summed E-state index contributed by atoms with van der Waals surface area (Å²) in [6.45, 7) is 0. The van der Waals surface area contributed by atoms with Crippen LogP contribution in [-0.2, 0) is 0 Å². The molecule has 1 heterocycles. The van der Waals surface area contributed by atoms with Crippen LogP contribution < -0.4 is 5.73 Å². The van der Waals surface area contributed by atoms with Crippen molar-refractivity contribution in [1.29, 1.82) is 0 Å². The summed E-state index contributed by atoms with van der Waals surface area (Å²) in [6.07, 6.45) is 2.28. The van der Waals surface area contributed by atoms with Crippen molar-refractivity contribution in [2.24, 2.45) is 0 Å². The van der Waals surface area contributed by atoms with E-state index in [-0.39, 0.29) is 0 Å². The van der Waals surface area contributed by atoms with Gasteiger partial charge < -0.3 is 5.73 Å². The van der Waals surface area contributed by atoms with Gasteiger partial charge in [0.1, 0.15) is 3.70 Å². The second-order valence-electron chi connectivity index (χ2n) is 1.72. The second-order valence-corrected chi connectivity index (χ2v) is 2.74. The standard InChI is InChI=1S/C6H5IN2O/c7-6-5(8)4(3-10)1-2-9-6/h1-3H,8H2. The molecule has 0 bridgehead atoms. The summed E-state index contributed by atoms with van der Waals surface area (Å²) in [4.78, 5) is 14.2. The average molecular weight is 248 g/mol. The van der Waals surface area contributed by atoms with Gasteiger partial charge in [0.2, 0.25) is 0 Å². The van der Waals surface area contributed by atoms with E-state index in [1.54, 1.807) is 12.3 Å². The van der Waals surface area contributed by atoms with Crippen LogP contribution in [0.25, 0.3) is 0 Å². The van der Waals surface area contributed by atoms with Gasteiger partial charge in [-0.3, -0.25) is 4.79 Å². The summed E-state index contributed by atoms with van der Waals surface area (Å²) >= 11 is 1.98. The summed E-state index contributed by atoms with van der Waals surface area (Å²) in [7, 11) is 0. The van der Waals surface area contributed by atoms with Crippen LogP contribution in [0.5, 0.6) is 0 Å². The number of anilines is 1. The number of nitrogen functional groups attached to an aromatic ring is 1. The molecule has 0 atom stereocenters. The quantitative estimate of drug-likeness (QED) is 0.459. The lowest BCUT2D eigenvalue weighted by Gasteiger charge is -1.97. The molecule has 0 saturated heterocycles. The first-order chi connectivity index (χ1) is 4.75. The Labute approximate surface area is 71.8 Å². The van der Waals surface area contributed by atoms with Crippen molar-refractivity contribution in [2.75, 3.05) is 5.73 Å². The summed E-state index contributed by atoms with van der Waals surface area (Å²) in [6, 6.07) is 1.59. The minimum Gasteiger partial charge on any atom is -0.396 e. The monoisotopic (exact) mass is 248 g/mol. The molecule has 4 heteroatoms. The van der Waals surface area contributed by atoms with Gasteiger partial charge in [-0.1, -0.05) is 0 Å². The van der Waals surface area contributed by atoms with E-state index in [0.717, 1.165) is 6.29 Å².